The van der Waals surface area contributed by atoms with Crippen LogP contribution in [0.15, 0.2) is 0 Å². The molecule has 0 aliphatic rings. The topological polar surface area (TPSA) is 26.0 Å². The zero-order chi connectivity index (χ0) is 5.21. The van der Waals surface area contributed by atoms with Crippen molar-refractivity contribution in [1.29, 1.82) is 0 Å². The van der Waals surface area contributed by atoms with Gasteiger partial charge in [0.05, 0.1) is 0 Å². The Morgan fingerprint density at radius 2 is 1.83 bits per heavy atom. The summed E-state index contributed by atoms with van der Waals surface area (Å²) in [6.45, 7) is 5.07. The van der Waals surface area contributed by atoms with Crippen molar-refractivity contribution in [3.8, 4) is 0 Å². The van der Waals surface area contributed by atoms with E-state index in [9.17, 15) is 0 Å². The molecule has 0 amide bonds. The van der Waals surface area contributed by atoms with Gasteiger partial charge < -0.3 is 0 Å². The van der Waals surface area contributed by atoms with Gasteiger partial charge in [-0.1, -0.05) is 0 Å². The molecule has 0 atom stereocenters. The third-order valence-corrected chi connectivity index (χ3v) is 1.02. The van der Waals surface area contributed by atoms with Crippen LogP contribution >= 0.6 is 0 Å². The first-order valence-corrected chi connectivity index (χ1v) is 3.26. The van der Waals surface area contributed by atoms with Gasteiger partial charge in [-0.15, -0.1) is 0 Å². The first-order chi connectivity index (χ1) is 2.56. The third-order valence-electron chi connectivity index (χ3n) is 0.500. The van der Waals surface area contributed by atoms with Crippen LogP contribution < -0.4 is 5.73 Å². The summed E-state index contributed by atoms with van der Waals surface area (Å²) in [5.41, 5.74) is 5.32. The second-order valence-electron chi connectivity index (χ2n) is 2.02. The molecule has 36 valence electrons. The van der Waals surface area contributed by atoms with Gasteiger partial charge in [-0.3, -0.25) is 0 Å². The van der Waals surface area contributed by atoms with Gasteiger partial charge in [0.1, 0.15) is 0 Å². The molecule has 0 spiro atoms. The summed E-state index contributed by atoms with van der Waals surface area (Å²) in [5, 5.41) is 0. The molecule has 0 unspecified atom stereocenters. The Labute approximate surface area is 52.8 Å². The Morgan fingerprint density at radius 1 is 1.67 bits per heavy atom. The summed E-state index contributed by atoms with van der Waals surface area (Å²) in [5.74, 6) is 0. The molecule has 1 nitrogen and oxygen atoms in total. The van der Waals surface area contributed by atoms with Gasteiger partial charge in [-0.05, 0) is 0 Å². The van der Waals surface area contributed by atoms with Crippen LogP contribution in [0.4, 0.5) is 0 Å². The summed E-state index contributed by atoms with van der Waals surface area (Å²) < 4.78 is 0.369. The Kier molecular flexibility index (Phi) is 2.46. The Hall–Kier alpha value is 0.778. The first-order valence-electron chi connectivity index (χ1n) is 1.99. The van der Waals surface area contributed by atoms with Crippen molar-refractivity contribution < 1.29 is 0 Å². The molecule has 0 bridgehead atoms. The van der Waals surface area contributed by atoms with E-state index >= 15 is 0 Å². The Balaban J connectivity index is 3.17. The minimum absolute atomic E-state index is 0.369. The van der Waals surface area contributed by atoms with Crippen LogP contribution in [0.3, 0.4) is 0 Å². The second-order valence-corrected chi connectivity index (χ2v) is 5.47. The fourth-order valence-corrected chi connectivity index (χ4v) is 0. The van der Waals surface area contributed by atoms with Crippen LogP contribution in [0.1, 0.15) is 13.8 Å². The van der Waals surface area contributed by atoms with Gasteiger partial charge in [0, 0.05) is 0 Å². The molecule has 0 aliphatic carbocycles. The summed E-state index contributed by atoms with van der Waals surface area (Å²) in [6.07, 6.45) is 0. The Morgan fingerprint density at radius 3 is 1.83 bits per heavy atom. The van der Waals surface area contributed by atoms with E-state index in [0.29, 0.717) is 3.36 Å². The van der Waals surface area contributed by atoms with Crippen LogP contribution in [-0.2, 0) is 0 Å². The fraction of sp³-hybridized carbons (Fsp3) is 1.00. The zero-order valence-electron chi connectivity index (χ0n) is 4.23. The third kappa shape index (κ3) is 4.78. The van der Waals surface area contributed by atoms with Crippen LogP contribution in [0.5, 0.6) is 0 Å². The first kappa shape index (κ1) is 6.78. The van der Waals surface area contributed by atoms with Crippen molar-refractivity contribution >= 4 is 23.0 Å². The number of hydrogen-bond acceptors (Lipinski definition) is 1. The molecule has 2 radical (unpaired) electrons. The van der Waals surface area contributed by atoms with Gasteiger partial charge >= 0.3 is 52.5 Å². The van der Waals surface area contributed by atoms with Gasteiger partial charge in [-0.2, -0.15) is 0 Å². The number of rotatable bonds is 1. The van der Waals surface area contributed by atoms with Gasteiger partial charge in [0.2, 0.25) is 0 Å². The second kappa shape index (κ2) is 2.18. The van der Waals surface area contributed by atoms with E-state index in [1.807, 2.05) is 0 Å². The van der Waals surface area contributed by atoms with Gasteiger partial charge in [-0.25, -0.2) is 0 Å². The van der Waals surface area contributed by atoms with Crippen molar-refractivity contribution in [3.05, 3.63) is 0 Å². The van der Waals surface area contributed by atoms with E-state index in [2.05, 4.69) is 13.8 Å². The predicted molar refractivity (Wildman–Crippen MR) is 28.8 cm³/mol. The average Bonchev–Trinajstić information content (AvgIpc) is 1.35. The van der Waals surface area contributed by atoms with E-state index in [-0.39, 0.29) is 0 Å². The van der Waals surface area contributed by atoms with Crippen molar-refractivity contribution in [1.82, 2.24) is 0 Å². The standard InChI is InChI=1S/C4H10N.Sb/c1-4(2)3-5;/h3,5H2,1-2H3;. The van der Waals surface area contributed by atoms with Crippen LogP contribution in [0.25, 0.3) is 0 Å². The maximum absolute atomic E-state index is 5.32. The number of hydrogen-bond donors (Lipinski definition) is 1. The van der Waals surface area contributed by atoms with Crippen LogP contribution in [0.2, 0.25) is 3.36 Å². The van der Waals surface area contributed by atoms with Gasteiger partial charge in [0.25, 0.3) is 0 Å². The predicted octanol–water partition coefficient (Wildman–Crippen LogP) is 0.312. The summed E-state index contributed by atoms with van der Waals surface area (Å²) in [7, 11) is 0. The summed E-state index contributed by atoms with van der Waals surface area (Å²) in [4.78, 5) is 0. The molecule has 6 heavy (non-hydrogen) atoms. The van der Waals surface area contributed by atoms with E-state index < -0.39 is 0 Å². The summed E-state index contributed by atoms with van der Waals surface area (Å²) >= 11 is 1.79. The zero-order valence-corrected chi connectivity index (χ0v) is 6.78. The van der Waals surface area contributed by atoms with Gasteiger partial charge in [0.15, 0.2) is 0 Å². The minimum atomic E-state index is 0.369. The van der Waals surface area contributed by atoms with Crippen LogP contribution in [-0.4, -0.2) is 29.6 Å². The van der Waals surface area contributed by atoms with Crippen molar-refractivity contribution in [2.45, 2.75) is 17.2 Å². The Bertz CT molecular complexity index is 37.3. The molecule has 0 aromatic heterocycles. The molecular weight excluding hydrogens is 184 g/mol. The fourth-order valence-electron chi connectivity index (χ4n) is 0. The molecule has 0 aliphatic heterocycles. The maximum atomic E-state index is 5.32. The van der Waals surface area contributed by atoms with Crippen molar-refractivity contribution in [2.24, 2.45) is 5.73 Å². The molecule has 0 saturated heterocycles. The average molecular weight is 194 g/mol. The molecule has 0 aromatic carbocycles. The molecule has 2 heteroatoms. The van der Waals surface area contributed by atoms with E-state index in [1.165, 1.54) is 0 Å². The quantitative estimate of drug-likeness (QED) is 0.597. The van der Waals surface area contributed by atoms with E-state index in [0.717, 1.165) is 6.54 Å². The normalized spacial score (nSPS) is 12.0. The summed E-state index contributed by atoms with van der Waals surface area (Å²) in [6, 6.07) is 0. The molecule has 0 fully saturated rings. The molecule has 0 heterocycles. The van der Waals surface area contributed by atoms with Crippen molar-refractivity contribution in [3.63, 3.8) is 0 Å². The van der Waals surface area contributed by atoms with E-state index in [1.54, 1.807) is 23.0 Å². The molecule has 2 N–H and O–H groups in total. The van der Waals surface area contributed by atoms with E-state index in [4.69, 9.17) is 5.73 Å². The monoisotopic (exact) mass is 193 g/mol. The number of nitrogens with two attached hydrogens (primary N) is 1. The molecule has 0 aromatic rings. The SMILES string of the molecule is C[C](C)([Sb])CN. The molecular formula is C4H10NSb. The molecule has 0 saturated carbocycles. The van der Waals surface area contributed by atoms with Crippen molar-refractivity contribution in [2.75, 3.05) is 6.54 Å². The molecule has 0 rings (SSSR count). The van der Waals surface area contributed by atoms with Crippen LogP contribution in [0, 0.1) is 0 Å².